The molecule has 8 aromatic carbocycles. The molecular weight excluding hydrogens is 625 g/mol. The quantitative estimate of drug-likeness (QED) is 0.190. The Morgan fingerprint density at radius 2 is 0.902 bits per heavy atom. The lowest BCUT2D eigenvalue weighted by atomic mass is 10.0. The van der Waals surface area contributed by atoms with Crippen LogP contribution in [0.5, 0.6) is 0 Å². The molecule has 4 heteroatoms. The molecule has 11 aromatic rings. The van der Waals surface area contributed by atoms with Gasteiger partial charge in [-0.1, -0.05) is 78.9 Å². The molecular formula is C47H28N2O2. The zero-order valence-corrected chi connectivity index (χ0v) is 27.4. The van der Waals surface area contributed by atoms with Crippen molar-refractivity contribution in [3.8, 4) is 11.1 Å². The number of fused-ring (bicyclic) bond motifs is 11. The van der Waals surface area contributed by atoms with E-state index < -0.39 is 0 Å². The van der Waals surface area contributed by atoms with Crippen molar-refractivity contribution < 1.29 is 8.83 Å². The molecule has 238 valence electrons. The van der Waals surface area contributed by atoms with Crippen LogP contribution in [-0.4, -0.2) is 4.98 Å². The fourth-order valence-corrected chi connectivity index (χ4v) is 7.75. The average Bonchev–Trinajstić information content (AvgIpc) is 3.77. The molecule has 51 heavy (non-hydrogen) atoms. The van der Waals surface area contributed by atoms with Crippen molar-refractivity contribution in [1.29, 1.82) is 0 Å². The largest absolute Gasteiger partial charge is 0.455 e. The summed E-state index contributed by atoms with van der Waals surface area (Å²) in [6, 6.07) is 57.8. The predicted octanol–water partition coefficient (Wildman–Crippen LogP) is 13.5. The van der Waals surface area contributed by atoms with Gasteiger partial charge in [0.05, 0.1) is 5.52 Å². The summed E-state index contributed by atoms with van der Waals surface area (Å²) in [6.45, 7) is 0. The van der Waals surface area contributed by atoms with Crippen LogP contribution in [0.4, 0.5) is 17.1 Å². The Balaban J connectivity index is 1.07. The Morgan fingerprint density at radius 3 is 1.53 bits per heavy atom. The number of anilines is 3. The summed E-state index contributed by atoms with van der Waals surface area (Å²) >= 11 is 0. The van der Waals surface area contributed by atoms with Crippen molar-refractivity contribution in [2.45, 2.75) is 0 Å². The molecule has 0 aliphatic rings. The van der Waals surface area contributed by atoms with Gasteiger partial charge in [0.15, 0.2) is 0 Å². The molecule has 11 rings (SSSR count). The molecule has 0 saturated heterocycles. The second-order valence-corrected chi connectivity index (χ2v) is 13.2. The first-order valence-corrected chi connectivity index (χ1v) is 17.2. The highest BCUT2D eigenvalue weighted by atomic mass is 16.3. The third-order valence-electron chi connectivity index (χ3n) is 10.3. The Morgan fingerprint density at radius 1 is 0.373 bits per heavy atom. The van der Waals surface area contributed by atoms with Crippen LogP contribution >= 0.6 is 0 Å². The van der Waals surface area contributed by atoms with Gasteiger partial charge < -0.3 is 13.7 Å². The second kappa shape index (κ2) is 10.8. The van der Waals surface area contributed by atoms with E-state index in [4.69, 9.17) is 13.8 Å². The van der Waals surface area contributed by atoms with Crippen molar-refractivity contribution in [2.24, 2.45) is 0 Å². The SMILES string of the molecule is c1ccc2ncc(-c3ccc(N(c4ccc5c(ccc6c7ccccc7oc56)c4)c4ccc5c(ccc6c7ccccc7oc56)c4)cc3)cc2c1. The fraction of sp³-hybridized carbons (Fsp3) is 0. The highest BCUT2D eigenvalue weighted by Crippen LogP contribution is 2.42. The summed E-state index contributed by atoms with van der Waals surface area (Å²) in [5, 5.41) is 10.1. The van der Waals surface area contributed by atoms with E-state index in [1.165, 1.54) is 0 Å². The van der Waals surface area contributed by atoms with Crippen LogP contribution in [0.3, 0.4) is 0 Å². The lowest BCUT2D eigenvalue weighted by Gasteiger charge is -2.26. The maximum absolute atomic E-state index is 6.39. The molecule has 0 spiro atoms. The van der Waals surface area contributed by atoms with Gasteiger partial charge >= 0.3 is 0 Å². The van der Waals surface area contributed by atoms with Crippen LogP contribution in [0, 0.1) is 0 Å². The van der Waals surface area contributed by atoms with Gasteiger partial charge in [-0.15, -0.1) is 0 Å². The van der Waals surface area contributed by atoms with E-state index in [0.717, 1.165) is 105 Å². The number of nitrogens with zero attached hydrogens (tertiary/aromatic N) is 2. The van der Waals surface area contributed by atoms with Crippen molar-refractivity contribution >= 4 is 93.4 Å². The van der Waals surface area contributed by atoms with E-state index in [1.54, 1.807) is 0 Å². The van der Waals surface area contributed by atoms with Gasteiger partial charge in [-0.2, -0.15) is 0 Å². The van der Waals surface area contributed by atoms with Gasteiger partial charge in [-0.3, -0.25) is 4.98 Å². The Bertz CT molecular complexity index is 3000. The lowest BCUT2D eigenvalue weighted by molar-refractivity contribution is 0.672. The molecule has 0 bridgehead atoms. The third kappa shape index (κ3) is 4.37. The molecule has 0 aliphatic heterocycles. The topological polar surface area (TPSA) is 42.4 Å². The molecule has 0 unspecified atom stereocenters. The monoisotopic (exact) mass is 652 g/mol. The number of aromatic nitrogens is 1. The molecule has 0 N–H and O–H groups in total. The first-order chi connectivity index (χ1) is 25.2. The molecule has 0 fully saturated rings. The number of rotatable bonds is 4. The predicted molar refractivity (Wildman–Crippen MR) is 211 cm³/mol. The standard InChI is InChI=1S/C47H28N2O2/c1-4-10-43-32(7-1)25-33(28-48-43)29-13-17-34(18-14-29)49(35-19-23-37-30(26-35)15-21-41-39-8-2-5-11-44(39)50-46(37)41)36-20-24-38-31(27-36)16-22-42-40-9-3-6-12-45(40)51-47(38)42/h1-28H. The van der Waals surface area contributed by atoms with Crippen LogP contribution in [0.15, 0.2) is 179 Å². The lowest BCUT2D eigenvalue weighted by Crippen LogP contribution is -2.10. The minimum atomic E-state index is 0.905. The molecule has 0 radical (unpaired) electrons. The Hall–Kier alpha value is -6.91. The van der Waals surface area contributed by atoms with E-state index in [0.29, 0.717) is 0 Å². The molecule has 0 aliphatic carbocycles. The van der Waals surface area contributed by atoms with E-state index in [-0.39, 0.29) is 0 Å². The summed E-state index contributed by atoms with van der Waals surface area (Å²) in [5.74, 6) is 0. The van der Waals surface area contributed by atoms with Gasteiger partial charge in [0.2, 0.25) is 0 Å². The van der Waals surface area contributed by atoms with Crippen LogP contribution in [-0.2, 0) is 0 Å². The van der Waals surface area contributed by atoms with Gasteiger partial charge in [-0.25, -0.2) is 0 Å². The van der Waals surface area contributed by atoms with E-state index in [2.05, 4.69) is 132 Å². The Labute approximate surface area is 292 Å². The highest BCUT2D eigenvalue weighted by molar-refractivity contribution is 6.17. The van der Waals surface area contributed by atoms with Gasteiger partial charge in [0, 0.05) is 66.5 Å². The van der Waals surface area contributed by atoms with Gasteiger partial charge in [-0.05, 0) is 101 Å². The molecule has 3 heterocycles. The summed E-state index contributed by atoms with van der Waals surface area (Å²) in [7, 11) is 0. The third-order valence-corrected chi connectivity index (χ3v) is 10.3. The summed E-state index contributed by atoms with van der Waals surface area (Å²) in [5.41, 5.74) is 10.0. The van der Waals surface area contributed by atoms with Crippen molar-refractivity contribution in [3.63, 3.8) is 0 Å². The van der Waals surface area contributed by atoms with E-state index >= 15 is 0 Å². The van der Waals surface area contributed by atoms with Gasteiger partial charge in [0.25, 0.3) is 0 Å². The highest BCUT2D eigenvalue weighted by Gasteiger charge is 2.18. The first kappa shape index (κ1) is 28.0. The molecule has 0 atom stereocenters. The number of hydrogen-bond donors (Lipinski definition) is 0. The van der Waals surface area contributed by atoms with Crippen LogP contribution in [0.25, 0.3) is 87.5 Å². The van der Waals surface area contributed by atoms with Crippen molar-refractivity contribution in [3.05, 3.63) is 170 Å². The van der Waals surface area contributed by atoms with E-state index in [1.807, 2.05) is 42.6 Å². The molecule has 0 amide bonds. The van der Waals surface area contributed by atoms with Crippen LogP contribution in [0.1, 0.15) is 0 Å². The number of pyridine rings is 1. The number of benzene rings is 8. The Kier molecular flexibility index (Phi) is 5.92. The average molecular weight is 653 g/mol. The van der Waals surface area contributed by atoms with E-state index in [9.17, 15) is 0 Å². The summed E-state index contributed by atoms with van der Waals surface area (Å²) in [4.78, 5) is 7.04. The minimum Gasteiger partial charge on any atom is -0.455 e. The number of para-hydroxylation sites is 3. The minimum absolute atomic E-state index is 0.905. The van der Waals surface area contributed by atoms with Crippen molar-refractivity contribution in [2.75, 3.05) is 4.90 Å². The normalized spacial score (nSPS) is 11.9. The van der Waals surface area contributed by atoms with Crippen molar-refractivity contribution in [1.82, 2.24) is 4.98 Å². The zero-order chi connectivity index (χ0) is 33.5. The zero-order valence-electron chi connectivity index (χ0n) is 27.4. The summed E-state index contributed by atoms with van der Waals surface area (Å²) in [6.07, 6.45) is 1.96. The molecule has 0 saturated carbocycles. The molecule has 3 aromatic heterocycles. The maximum Gasteiger partial charge on any atom is 0.143 e. The fourth-order valence-electron chi connectivity index (χ4n) is 7.75. The number of hydrogen-bond acceptors (Lipinski definition) is 4. The smallest absolute Gasteiger partial charge is 0.143 e. The van der Waals surface area contributed by atoms with Crippen LogP contribution in [0.2, 0.25) is 0 Å². The van der Waals surface area contributed by atoms with Crippen LogP contribution < -0.4 is 4.90 Å². The second-order valence-electron chi connectivity index (χ2n) is 13.2. The summed E-state index contributed by atoms with van der Waals surface area (Å²) < 4.78 is 12.8. The number of furan rings is 2. The molecule has 4 nitrogen and oxygen atoms in total. The first-order valence-electron chi connectivity index (χ1n) is 17.2. The maximum atomic E-state index is 6.39. The van der Waals surface area contributed by atoms with Gasteiger partial charge in [0.1, 0.15) is 22.3 Å².